The number of methoxy groups -OCH3 is 1. The molecule has 6 nitrogen and oxygen atoms in total. The Kier molecular flexibility index (Phi) is 5.48. The van der Waals surface area contributed by atoms with Gasteiger partial charge in [0, 0.05) is 0 Å². The van der Waals surface area contributed by atoms with Gasteiger partial charge in [-0.1, -0.05) is 35.5 Å². The molecule has 3 rings (SSSR count). The molecule has 22 heavy (non-hydrogen) atoms. The molecule has 0 aliphatic rings. The number of hydrogen-bond donors (Lipinski definition) is 0. The molecule has 2 aromatic heterocycles. The summed E-state index contributed by atoms with van der Waals surface area (Å²) in [4.78, 5) is 8.95. The van der Waals surface area contributed by atoms with Gasteiger partial charge in [-0.3, -0.25) is 4.79 Å². The third-order valence-corrected chi connectivity index (χ3v) is 2.99. The first kappa shape index (κ1) is 15.5. The number of ether oxygens (including phenoxy) is 2. The van der Waals surface area contributed by atoms with Crippen molar-refractivity contribution in [2.75, 3.05) is 7.11 Å². The van der Waals surface area contributed by atoms with Crippen molar-refractivity contribution in [3.05, 3.63) is 59.9 Å². The molecule has 0 fully saturated rings. The topological polar surface area (TPSA) is 65.7 Å². The highest BCUT2D eigenvalue weighted by molar-refractivity contribution is 5.48. The van der Waals surface area contributed by atoms with Crippen molar-refractivity contribution >= 4 is 12.0 Å². The van der Waals surface area contributed by atoms with Crippen LogP contribution in [0.2, 0.25) is 0 Å². The molecule has 0 unspecified atom stereocenters. The summed E-state index contributed by atoms with van der Waals surface area (Å²) < 4.78 is 11.5. The lowest BCUT2D eigenvalue weighted by atomic mass is 10.2. The summed E-state index contributed by atoms with van der Waals surface area (Å²) in [5.74, 6) is 0.830. The Morgan fingerprint density at radius 2 is 1.91 bits per heavy atom. The first-order chi connectivity index (χ1) is 10.8. The maximum absolute atomic E-state index is 8.95. The van der Waals surface area contributed by atoms with Crippen molar-refractivity contribution in [1.29, 1.82) is 0 Å². The number of aromatic nitrogens is 3. The van der Waals surface area contributed by atoms with Crippen LogP contribution in [0.1, 0.15) is 11.3 Å². The van der Waals surface area contributed by atoms with E-state index < -0.39 is 0 Å². The Morgan fingerprint density at radius 3 is 2.59 bits per heavy atom. The quantitative estimate of drug-likeness (QED) is 0.692. The van der Waals surface area contributed by atoms with Gasteiger partial charge in [0.1, 0.15) is 12.4 Å². The van der Waals surface area contributed by atoms with E-state index in [0.29, 0.717) is 13.1 Å². The van der Waals surface area contributed by atoms with Crippen LogP contribution in [0.25, 0.3) is 5.52 Å². The summed E-state index contributed by atoms with van der Waals surface area (Å²) in [7, 11) is 1.31. The molecule has 0 saturated heterocycles. The van der Waals surface area contributed by atoms with Crippen LogP contribution in [0, 0.1) is 6.92 Å². The van der Waals surface area contributed by atoms with E-state index in [4.69, 9.17) is 9.53 Å². The van der Waals surface area contributed by atoms with Gasteiger partial charge in [-0.25, -0.2) is 4.52 Å². The number of fused-ring (bicyclic) bond motifs is 1. The largest absolute Gasteiger partial charge is 0.487 e. The highest BCUT2D eigenvalue weighted by Crippen LogP contribution is 2.19. The maximum atomic E-state index is 8.95. The van der Waals surface area contributed by atoms with Gasteiger partial charge in [-0.2, -0.15) is 0 Å². The zero-order valence-corrected chi connectivity index (χ0v) is 12.5. The second kappa shape index (κ2) is 7.78. The van der Waals surface area contributed by atoms with E-state index >= 15 is 0 Å². The van der Waals surface area contributed by atoms with E-state index in [1.165, 1.54) is 7.11 Å². The van der Waals surface area contributed by atoms with Crippen LogP contribution < -0.4 is 4.74 Å². The fraction of sp³-hybridized carbons (Fsp3) is 0.188. The molecule has 6 heteroatoms. The molecule has 0 bridgehead atoms. The van der Waals surface area contributed by atoms with Gasteiger partial charge in [0.25, 0.3) is 6.47 Å². The predicted molar refractivity (Wildman–Crippen MR) is 81.6 cm³/mol. The third-order valence-electron chi connectivity index (χ3n) is 2.99. The Morgan fingerprint density at radius 1 is 1.18 bits per heavy atom. The number of carbonyl (C=O) groups is 1. The van der Waals surface area contributed by atoms with Crippen LogP contribution in [-0.2, 0) is 16.1 Å². The number of aryl methyl sites for hydroxylation is 1. The van der Waals surface area contributed by atoms with E-state index in [2.05, 4.69) is 15.0 Å². The van der Waals surface area contributed by atoms with Crippen molar-refractivity contribution in [1.82, 2.24) is 14.8 Å². The summed E-state index contributed by atoms with van der Waals surface area (Å²) in [5.41, 5.74) is 3.08. The average Bonchev–Trinajstić information content (AvgIpc) is 3.05. The molecule has 0 amide bonds. The van der Waals surface area contributed by atoms with Crippen LogP contribution in [-0.4, -0.2) is 28.4 Å². The first-order valence-electron chi connectivity index (χ1n) is 6.69. The predicted octanol–water partition coefficient (Wildman–Crippen LogP) is 2.41. The van der Waals surface area contributed by atoms with Crippen LogP contribution >= 0.6 is 0 Å². The van der Waals surface area contributed by atoms with Gasteiger partial charge < -0.3 is 9.47 Å². The summed E-state index contributed by atoms with van der Waals surface area (Å²) in [6, 6.07) is 14.0. The number of carbonyl (C=O) groups excluding carboxylic acids is 1. The van der Waals surface area contributed by atoms with Crippen molar-refractivity contribution in [3.8, 4) is 5.75 Å². The second-order valence-electron chi connectivity index (χ2n) is 4.46. The highest BCUT2D eigenvalue weighted by atomic mass is 16.5. The fourth-order valence-corrected chi connectivity index (χ4v) is 1.89. The minimum atomic E-state index is 0.375. The molecule has 0 atom stereocenters. The van der Waals surface area contributed by atoms with Gasteiger partial charge in [0.2, 0.25) is 0 Å². The molecule has 0 radical (unpaired) electrons. The van der Waals surface area contributed by atoms with Gasteiger partial charge in [-0.05, 0) is 24.6 Å². The molecule has 0 spiro atoms. The number of nitrogens with zero attached hydrogens (tertiary/aromatic N) is 3. The summed E-state index contributed by atoms with van der Waals surface area (Å²) >= 11 is 0. The fourth-order valence-electron chi connectivity index (χ4n) is 1.89. The van der Waals surface area contributed by atoms with Gasteiger partial charge in [0.05, 0.1) is 24.5 Å². The molecule has 1 aromatic carbocycles. The van der Waals surface area contributed by atoms with E-state index in [0.717, 1.165) is 22.5 Å². The Hall–Kier alpha value is -2.89. The van der Waals surface area contributed by atoms with Gasteiger partial charge in [0.15, 0.2) is 0 Å². The molecule has 114 valence electrons. The summed E-state index contributed by atoms with van der Waals surface area (Å²) in [6.07, 6.45) is 1.73. The minimum absolute atomic E-state index is 0.375. The molecule has 0 aliphatic carbocycles. The van der Waals surface area contributed by atoms with Gasteiger partial charge in [-0.15, -0.1) is 5.10 Å². The zero-order valence-electron chi connectivity index (χ0n) is 12.5. The number of pyridine rings is 1. The van der Waals surface area contributed by atoms with Crippen LogP contribution in [0.3, 0.4) is 0 Å². The number of hydrogen-bond acceptors (Lipinski definition) is 5. The third kappa shape index (κ3) is 3.82. The van der Waals surface area contributed by atoms with Crippen LogP contribution in [0.15, 0.2) is 48.7 Å². The molecular formula is C16H17N3O3. The van der Waals surface area contributed by atoms with Crippen LogP contribution in [0.4, 0.5) is 0 Å². The second-order valence-corrected chi connectivity index (χ2v) is 4.46. The molecule has 0 N–H and O–H groups in total. The standard InChI is InChI=1S/C14H13N3O.C2H4O2/c1-11-14(8-7-13-9-15-16-17(11)13)18-10-12-5-3-2-4-6-12;1-4-2-3/h2-9H,10H2,1H3;2H,1H3. The summed E-state index contributed by atoms with van der Waals surface area (Å²) in [5, 5.41) is 7.90. The van der Waals surface area contributed by atoms with E-state index in [-0.39, 0.29) is 0 Å². The van der Waals surface area contributed by atoms with Crippen molar-refractivity contribution < 1.29 is 14.3 Å². The molecular weight excluding hydrogens is 282 g/mol. The number of rotatable bonds is 4. The lowest BCUT2D eigenvalue weighted by Crippen LogP contribution is -2.01. The molecule has 0 aliphatic heterocycles. The smallest absolute Gasteiger partial charge is 0.292 e. The minimum Gasteiger partial charge on any atom is -0.487 e. The Balaban J connectivity index is 0.000000396. The van der Waals surface area contributed by atoms with Crippen molar-refractivity contribution in [3.63, 3.8) is 0 Å². The molecule has 0 saturated carbocycles. The molecule has 3 aromatic rings. The van der Waals surface area contributed by atoms with Crippen LogP contribution in [0.5, 0.6) is 5.75 Å². The highest BCUT2D eigenvalue weighted by Gasteiger charge is 2.05. The van der Waals surface area contributed by atoms with Crippen molar-refractivity contribution in [2.45, 2.75) is 13.5 Å². The van der Waals surface area contributed by atoms with Gasteiger partial charge >= 0.3 is 0 Å². The lowest BCUT2D eigenvalue weighted by Gasteiger charge is -2.09. The normalized spacial score (nSPS) is 9.73. The van der Waals surface area contributed by atoms with E-state index in [1.807, 2.05) is 49.4 Å². The zero-order chi connectivity index (χ0) is 15.8. The Labute approximate surface area is 128 Å². The maximum Gasteiger partial charge on any atom is 0.292 e. The monoisotopic (exact) mass is 299 g/mol. The lowest BCUT2D eigenvalue weighted by molar-refractivity contribution is -0.126. The summed E-state index contributed by atoms with van der Waals surface area (Å²) in [6.45, 7) is 2.91. The average molecular weight is 299 g/mol. The Bertz CT molecular complexity index is 726. The first-order valence-corrected chi connectivity index (χ1v) is 6.69. The molecule has 2 heterocycles. The van der Waals surface area contributed by atoms with E-state index in [9.17, 15) is 0 Å². The SMILES string of the molecule is COC=O.Cc1c(OCc2ccccc2)ccc2cnnn12. The number of benzene rings is 1. The van der Waals surface area contributed by atoms with Crippen molar-refractivity contribution in [2.24, 2.45) is 0 Å². The van der Waals surface area contributed by atoms with E-state index in [1.54, 1.807) is 10.7 Å².